The number of carbonyl (C=O) groups excluding carboxylic acids is 1. The van der Waals surface area contributed by atoms with E-state index in [1.165, 1.54) is 0 Å². The van der Waals surface area contributed by atoms with Crippen LogP contribution in [-0.2, 0) is 11.2 Å². The Hall–Kier alpha value is -2.37. The van der Waals surface area contributed by atoms with Crippen molar-refractivity contribution in [3.05, 3.63) is 29.5 Å². The van der Waals surface area contributed by atoms with Crippen LogP contribution in [0, 0.1) is 5.92 Å². The van der Waals surface area contributed by atoms with Gasteiger partial charge in [0.25, 0.3) is 0 Å². The molecule has 0 spiro atoms. The highest BCUT2D eigenvalue weighted by Gasteiger charge is 2.28. The second kappa shape index (κ2) is 7.25. The van der Waals surface area contributed by atoms with Crippen LogP contribution < -0.4 is 4.74 Å². The first-order valence-corrected chi connectivity index (χ1v) is 9.03. The molecule has 2 aromatic rings. The number of rotatable bonds is 6. The molecule has 2 aromatic heterocycles. The fourth-order valence-electron chi connectivity index (χ4n) is 3.19. The molecule has 0 saturated carbocycles. The van der Waals surface area contributed by atoms with E-state index in [0.717, 1.165) is 41.7 Å². The average Bonchev–Trinajstić information content (AvgIpc) is 3.05. The summed E-state index contributed by atoms with van der Waals surface area (Å²) in [5.74, 6) is 0.890. The molecule has 0 aromatic carbocycles. The topological polar surface area (TPSA) is 59.2 Å². The molecule has 1 amide bonds. The quantitative estimate of drug-likeness (QED) is 0.809. The fraction of sp³-hybridized carbons (Fsp3) is 0.526. The molecule has 1 aliphatic rings. The van der Waals surface area contributed by atoms with E-state index >= 15 is 0 Å². The Bertz CT molecular complexity index is 809. The summed E-state index contributed by atoms with van der Waals surface area (Å²) in [6.45, 7) is 6.94. The molecule has 3 rings (SSSR count). The van der Waals surface area contributed by atoms with Gasteiger partial charge in [-0.3, -0.25) is 4.79 Å². The van der Waals surface area contributed by atoms with Crippen LogP contribution in [0.25, 0.3) is 5.52 Å². The third-order valence-corrected chi connectivity index (χ3v) is 4.67. The summed E-state index contributed by atoms with van der Waals surface area (Å²) in [5, 5.41) is 11.0. The summed E-state index contributed by atoms with van der Waals surface area (Å²) in [5.41, 5.74) is 3.96. The first kappa shape index (κ1) is 17.5. The number of nitrogens with zero attached hydrogens (tertiary/aromatic N) is 4. The van der Waals surface area contributed by atoms with Crippen molar-refractivity contribution >= 4 is 17.1 Å². The molecule has 3 heterocycles. The number of pyridine rings is 1. The van der Waals surface area contributed by atoms with Crippen LogP contribution in [0.4, 0.5) is 0 Å². The van der Waals surface area contributed by atoms with E-state index in [2.05, 4.69) is 31.9 Å². The van der Waals surface area contributed by atoms with Crippen molar-refractivity contribution < 1.29 is 9.53 Å². The van der Waals surface area contributed by atoms with Crippen LogP contribution >= 0.6 is 0 Å². The number of methoxy groups -OCH3 is 1. The lowest BCUT2D eigenvalue weighted by atomic mass is 9.93. The highest BCUT2D eigenvalue weighted by molar-refractivity contribution is 6.10. The Kier molecular flexibility index (Phi) is 5.06. The van der Waals surface area contributed by atoms with E-state index in [-0.39, 0.29) is 11.8 Å². The van der Waals surface area contributed by atoms with Crippen molar-refractivity contribution in [2.24, 2.45) is 11.0 Å². The maximum Gasteiger partial charge on any atom is 0.243 e. The van der Waals surface area contributed by atoms with Gasteiger partial charge in [0.2, 0.25) is 11.8 Å². The maximum absolute atomic E-state index is 12.3. The summed E-state index contributed by atoms with van der Waals surface area (Å²) < 4.78 is 7.27. The Morgan fingerprint density at radius 3 is 2.80 bits per heavy atom. The highest BCUT2D eigenvalue weighted by Crippen LogP contribution is 2.27. The molecule has 0 fully saturated rings. The van der Waals surface area contributed by atoms with Crippen molar-refractivity contribution in [3.63, 3.8) is 0 Å². The van der Waals surface area contributed by atoms with Gasteiger partial charge in [-0.05, 0) is 25.0 Å². The first-order valence-electron chi connectivity index (χ1n) is 9.03. The molecule has 1 aliphatic heterocycles. The molecule has 0 saturated heterocycles. The largest absolute Gasteiger partial charge is 0.481 e. The van der Waals surface area contributed by atoms with Gasteiger partial charge in [-0.15, -0.1) is 0 Å². The molecule has 0 N–H and O–H groups in total. The van der Waals surface area contributed by atoms with Gasteiger partial charge in [0.1, 0.15) is 0 Å². The van der Waals surface area contributed by atoms with Gasteiger partial charge < -0.3 is 4.74 Å². The lowest BCUT2D eigenvalue weighted by Gasteiger charge is -2.28. The van der Waals surface area contributed by atoms with E-state index < -0.39 is 0 Å². The number of ether oxygens (including phenoxy) is 1. The van der Waals surface area contributed by atoms with Crippen LogP contribution in [0.2, 0.25) is 0 Å². The third-order valence-electron chi connectivity index (χ3n) is 4.67. The second-order valence-electron chi connectivity index (χ2n) is 6.54. The van der Waals surface area contributed by atoms with Crippen molar-refractivity contribution in [2.75, 3.05) is 13.7 Å². The van der Waals surface area contributed by atoms with Gasteiger partial charge in [0.05, 0.1) is 24.0 Å². The Labute approximate surface area is 148 Å². The molecule has 0 bridgehead atoms. The van der Waals surface area contributed by atoms with Gasteiger partial charge in [0.15, 0.2) is 0 Å². The summed E-state index contributed by atoms with van der Waals surface area (Å²) in [4.78, 5) is 12.3. The molecule has 25 heavy (non-hydrogen) atoms. The van der Waals surface area contributed by atoms with Crippen LogP contribution in [0.1, 0.15) is 51.3 Å². The van der Waals surface area contributed by atoms with Crippen LogP contribution in [0.15, 0.2) is 23.3 Å². The van der Waals surface area contributed by atoms with E-state index in [1.807, 2.05) is 16.6 Å². The predicted molar refractivity (Wildman–Crippen MR) is 98.1 cm³/mol. The minimum atomic E-state index is 0.0857. The number of hydrogen-bond donors (Lipinski definition) is 0. The normalized spacial score (nSPS) is 17.9. The van der Waals surface area contributed by atoms with Crippen LogP contribution in [0.5, 0.6) is 5.88 Å². The summed E-state index contributed by atoms with van der Waals surface area (Å²) in [7, 11) is 1.65. The SMILES string of the molecule is CCCCN1N=C(c2ccc(OC)n3nc(CC)cc23)C(C)CC1=O. The lowest BCUT2D eigenvalue weighted by molar-refractivity contribution is -0.132. The van der Waals surface area contributed by atoms with Crippen molar-refractivity contribution in [1.82, 2.24) is 14.6 Å². The zero-order chi connectivity index (χ0) is 18.0. The Morgan fingerprint density at radius 1 is 1.32 bits per heavy atom. The molecule has 6 heteroatoms. The summed E-state index contributed by atoms with van der Waals surface area (Å²) in [6.07, 6.45) is 3.35. The molecule has 0 radical (unpaired) electrons. The van der Waals surface area contributed by atoms with Crippen molar-refractivity contribution in [1.29, 1.82) is 0 Å². The van der Waals surface area contributed by atoms with Crippen molar-refractivity contribution in [3.8, 4) is 5.88 Å². The average molecular weight is 342 g/mol. The van der Waals surface area contributed by atoms with Gasteiger partial charge in [0, 0.05) is 30.5 Å². The number of unbranched alkanes of at least 4 members (excludes halogenated alkanes) is 1. The summed E-state index contributed by atoms with van der Waals surface area (Å²) >= 11 is 0. The molecule has 1 unspecified atom stereocenters. The van der Waals surface area contributed by atoms with Crippen LogP contribution in [-0.4, -0.2) is 39.9 Å². The standard InChI is InChI=1S/C19H26N4O2/c1-5-7-10-22-17(24)11-13(3)19(21-22)15-8-9-18(25-4)23-16(15)12-14(6-2)20-23/h8-9,12-13H,5-7,10-11H2,1-4H3. The fourth-order valence-corrected chi connectivity index (χ4v) is 3.19. The minimum Gasteiger partial charge on any atom is -0.481 e. The molecule has 1 atom stereocenters. The summed E-state index contributed by atoms with van der Waals surface area (Å²) in [6, 6.07) is 6.02. The van der Waals surface area contributed by atoms with E-state index in [4.69, 9.17) is 9.84 Å². The second-order valence-corrected chi connectivity index (χ2v) is 6.54. The molecular weight excluding hydrogens is 316 g/mol. The smallest absolute Gasteiger partial charge is 0.243 e. The molecule has 6 nitrogen and oxygen atoms in total. The van der Waals surface area contributed by atoms with Crippen molar-refractivity contribution in [2.45, 2.75) is 46.5 Å². The Morgan fingerprint density at radius 2 is 2.12 bits per heavy atom. The van der Waals surface area contributed by atoms with Gasteiger partial charge in [-0.25, -0.2) is 9.52 Å². The lowest BCUT2D eigenvalue weighted by Crippen LogP contribution is -2.37. The van der Waals surface area contributed by atoms with E-state index in [0.29, 0.717) is 18.8 Å². The van der Waals surface area contributed by atoms with Gasteiger partial charge in [-0.2, -0.15) is 10.2 Å². The van der Waals surface area contributed by atoms with E-state index in [9.17, 15) is 4.79 Å². The number of hydrogen-bond acceptors (Lipinski definition) is 4. The maximum atomic E-state index is 12.3. The number of hydrazone groups is 1. The number of aryl methyl sites for hydroxylation is 1. The molecule has 0 aliphatic carbocycles. The number of fused-ring (bicyclic) bond motifs is 1. The van der Waals surface area contributed by atoms with Crippen LogP contribution in [0.3, 0.4) is 0 Å². The first-order chi connectivity index (χ1) is 12.1. The Balaban J connectivity index is 2.10. The number of amides is 1. The highest BCUT2D eigenvalue weighted by atomic mass is 16.5. The zero-order valence-corrected chi connectivity index (χ0v) is 15.5. The third kappa shape index (κ3) is 3.25. The predicted octanol–water partition coefficient (Wildman–Crippen LogP) is 3.28. The number of aromatic nitrogens is 2. The molecular formula is C19H26N4O2. The van der Waals surface area contributed by atoms with E-state index in [1.54, 1.807) is 12.1 Å². The number of carbonyl (C=O) groups is 1. The minimum absolute atomic E-state index is 0.0857. The van der Waals surface area contributed by atoms with Gasteiger partial charge in [-0.1, -0.05) is 27.2 Å². The van der Waals surface area contributed by atoms with Gasteiger partial charge >= 0.3 is 0 Å². The molecule has 134 valence electrons. The monoisotopic (exact) mass is 342 g/mol. The zero-order valence-electron chi connectivity index (χ0n) is 15.5.